The number of amides is 5. The van der Waals surface area contributed by atoms with Gasteiger partial charge in [-0.05, 0) is 48.0 Å². The first-order valence-electron chi connectivity index (χ1n) is 18.3. The number of hydrogen-bond donors (Lipinski definition) is 7. The second-order valence-electron chi connectivity index (χ2n) is 15.2. The van der Waals surface area contributed by atoms with Crippen molar-refractivity contribution in [3.63, 3.8) is 0 Å². The Labute approximate surface area is 300 Å². The maximum atomic E-state index is 13.9. The number of hydrogen-bond acceptors (Lipinski definition) is 7. The van der Waals surface area contributed by atoms with Crippen molar-refractivity contribution in [3.05, 3.63) is 35.9 Å². The molecule has 50 heavy (non-hydrogen) atoms. The molecule has 1 aromatic carbocycles. The van der Waals surface area contributed by atoms with Gasteiger partial charge in [0, 0.05) is 24.9 Å². The van der Waals surface area contributed by atoms with Gasteiger partial charge in [0.15, 0.2) is 0 Å². The number of aliphatic hydroxyl groups excluding tert-OH is 1. The molecule has 0 saturated carbocycles. The zero-order valence-corrected chi connectivity index (χ0v) is 32.0. The minimum atomic E-state index is -0.933. The number of rotatable bonds is 22. The second-order valence-corrected chi connectivity index (χ2v) is 15.2. The van der Waals surface area contributed by atoms with Gasteiger partial charge >= 0.3 is 0 Å². The molecule has 8 N–H and O–H groups in total. The van der Waals surface area contributed by atoms with E-state index in [1.54, 1.807) is 0 Å². The summed E-state index contributed by atoms with van der Waals surface area (Å²) in [6.07, 6.45) is 1.47. The molecule has 0 fully saturated rings. The van der Waals surface area contributed by atoms with Gasteiger partial charge in [-0.1, -0.05) is 106 Å². The van der Waals surface area contributed by atoms with Crippen molar-refractivity contribution in [1.29, 1.82) is 0 Å². The van der Waals surface area contributed by atoms with Crippen molar-refractivity contribution in [2.75, 3.05) is 6.61 Å². The van der Waals surface area contributed by atoms with Gasteiger partial charge in [-0.15, -0.1) is 0 Å². The summed E-state index contributed by atoms with van der Waals surface area (Å²) in [6, 6.07) is 4.87. The summed E-state index contributed by atoms with van der Waals surface area (Å²) in [4.78, 5) is 66.6. The van der Waals surface area contributed by atoms with Crippen LogP contribution >= 0.6 is 0 Å². The Hall–Kier alpha value is -3.51. The van der Waals surface area contributed by atoms with E-state index in [4.69, 9.17) is 5.73 Å². The number of carbonyl (C=O) groups excluding carboxylic acids is 5. The molecule has 1 aromatic rings. The topological polar surface area (TPSA) is 192 Å². The predicted octanol–water partition coefficient (Wildman–Crippen LogP) is 2.81. The van der Waals surface area contributed by atoms with E-state index in [9.17, 15) is 29.1 Å². The first-order chi connectivity index (χ1) is 23.4. The zero-order chi connectivity index (χ0) is 38.1. The third-order valence-corrected chi connectivity index (χ3v) is 8.90. The highest BCUT2D eigenvalue weighted by molar-refractivity contribution is 5.92. The van der Waals surface area contributed by atoms with Crippen molar-refractivity contribution in [2.24, 2.45) is 35.3 Å². The van der Waals surface area contributed by atoms with Crippen LogP contribution in [0.15, 0.2) is 30.3 Å². The van der Waals surface area contributed by atoms with E-state index in [1.165, 1.54) is 0 Å². The fourth-order valence-electron chi connectivity index (χ4n) is 5.55. The molecular weight excluding hydrogens is 636 g/mol. The smallest absolute Gasteiger partial charge is 0.243 e. The zero-order valence-electron chi connectivity index (χ0n) is 32.0. The van der Waals surface area contributed by atoms with Gasteiger partial charge in [-0.3, -0.25) is 24.0 Å². The average molecular weight is 703 g/mol. The Bertz CT molecular complexity index is 1210. The van der Waals surface area contributed by atoms with Crippen molar-refractivity contribution >= 4 is 29.5 Å². The molecule has 12 heteroatoms. The summed E-state index contributed by atoms with van der Waals surface area (Å²) < 4.78 is 0. The monoisotopic (exact) mass is 703 g/mol. The van der Waals surface area contributed by atoms with E-state index in [-0.39, 0.29) is 60.9 Å². The van der Waals surface area contributed by atoms with Crippen LogP contribution in [0.4, 0.5) is 0 Å². The lowest BCUT2D eigenvalue weighted by atomic mass is 9.94. The van der Waals surface area contributed by atoms with E-state index in [0.717, 1.165) is 5.56 Å². The quantitative estimate of drug-likeness (QED) is 0.0966. The molecule has 0 aliphatic carbocycles. The summed E-state index contributed by atoms with van der Waals surface area (Å²) in [7, 11) is 0. The van der Waals surface area contributed by atoms with Crippen LogP contribution in [0.25, 0.3) is 0 Å². The highest BCUT2D eigenvalue weighted by Crippen LogP contribution is 2.14. The molecule has 0 spiro atoms. The van der Waals surface area contributed by atoms with E-state index >= 15 is 0 Å². The van der Waals surface area contributed by atoms with Gasteiger partial charge in [-0.2, -0.15) is 0 Å². The summed E-state index contributed by atoms with van der Waals surface area (Å²) in [5.41, 5.74) is 7.54. The van der Waals surface area contributed by atoms with Crippen LogP contribution < -0.4 is 32.3 Å². The fourth-order valence-corrected chi connectivity index (χ4v) is 5.55. The molecule has 12 nitrogen and oxygen atoms in total. The van der Waals surface area contributed by atoms with E-state index in [2.05, 4.69) is 26.6 Å². The summed E-state index contributed by atoms with van der Waals surface area (Å²) in [5, 5.41) is 24.1. The fraction of sp³-hybridized carbons (Fsp3) is 0.711. The van der Waals surface area contributed by atoms with Crippen molar-refractivity contribution < 1.29 is 29.1 Å². The van der Waals surface area contributed by atoms with Gasteiger partial charge in [0.25, 0.3) is 0 Å². The van der Waals surface area contributed by atoms with Crippen molar-refractivity contribution in [3.8, 4) is 0 Å². The van der Waals surface area contributed by atoms with Gasteiger partial charge < -0.3 is 37.4 Å². The molecule has 0 saturated heterocycles. The highest BCUT2D eigenvalue weighted by Gasteiger charge is 2.33. The van der Waals surface area contributed by atoms with Crippen LogP contribution in [0.5, 0.6) is 0 Å². The molecule has 0 aliphatic heterocycles. The molecule has 1 rings (SSSR count). The number of aliphatic hydroxyl groups is 1. The van der Waals surface area contributed by atoms with Crippen LogP contribution in [-0.4, -0.2) is 77.5 Å². The molecular formula is C38H66N6O6. The van der Waals surface area contributed by atoms with Crippen LogP contribution in [0, 0.1) is 29.6 Å². The van der Waals surface area contributed by atoms with Gasteiger partial charge in [-0.25, -0.2) is 0 Å². The lowest BCUT2D eigenvalue weighted by Gasteiger charge is -2.31. The van der Waals surface area contributed by atoms with Crippen LogP contribution in [0.3, 0.4) is 0 Å². The molecule has 7 atom stereocenters. The highest BCUT2D eigenvalue weighted by atomic mass is 16.3. The lowest BCUT2D eigenvalue weighted by molar-refractivity contribution is -0.133. The van der Waals surface area contributed by atoms with Gasteiger partial charge in [0.05, 0.1) is 12.6 Å². The third kappa shape index (κ3) is 16.0. The molecule has 0 aliphatic rings. The van der Waals surface area contributed by atoms with Gasteiger partial charge in [0.1, 0.15) is 18.1 Å². The maximum absolute atomic E-state index is 13.9. The molecule has 0 radical (unpaired) electrons. The Morgan fingerprint density at radius 3 is 1.72 bits per heavy atom. The third-order valence-electron chi connectivity index (χ3n) is 8.90. The standard InChI is InChI=1S/C38H66N6O6/c1-11-26(10)35(38(50)42-31(21-45)24(6)7)43-33(47)20-28(39)29(19-27-15-13-12-14-16-27)41-37(49)34(25(8)9)44-36(48)30(17-22(2)3)40-32(46)18-23(4)5/h12-16,22-26,28-31,34-35,45H,11,17-21,39H2,1-10H3,(H,40,46)(H,41,49)(H,42,50)(H,43,47)(H,44,48)/t26-,28-,29-,30-,31?,34?,35-/m0/s1. The minimum Gasteiger partial charge on any atom is -0.394 e. The SMILES string of the molecule is CC[C@H](C)[C@H](NC(=O)C[C@H](N)[C@H](Cc1ccccc1)NC(=O)C(NC(=O)[C@H](CC(C)C)NC(=O)CC(C)C)C(C)C)C(=O)NC(CO)C(C)C. The number of nitrogens with two attached hydrogens (primary N) is 1. The molecule has 0 heterocycles. The van der Waals surface area contributed by atoms with Crippen molar-refractivity contribution in [2.45, 2.75) is 138 Å². The number of benzene rings is 1. The summed E-state index contributed by atoms with van der Waals surface area (Å²) in [6.45, 7) is 18.8. The number of carbonyl (C=O) groups is 5. The first-order valence-corrected chi connectivity index (χ1v) is 18.3. The number of nitrogens with one attached hydrogen (secondary N) is 5. The molecule has 2 unspecified atom stereocenters. The van der Waals surface area contributed by atoms with E-state index in [0.29, 0.717) is 19.3 Å². The first kappa shape index (κ1) is 44.5. The van der Waals surface area contributed by atoms with Crippen molar-refractivity contribution in [1.82, 2.24) is 26.6 Å². The Balaban J connectivity index is 3.22. The summed E-state index contributed by atoms with van der Waals surface area (Å²) in [5.74, 6) is -2.19. The summed E-state index contributed by atoms with van der Waals surface area (Å²) >= 11 is 0. The molecule has 5 amide bonds. The molecule has 284 valence electrons. The van der Waals surface area contributed by atoms with E-state index < -0.39 is 54.0 Å². The molecule has 0 bridgehead atoms. The van der Waals surface area contributed by atoms with E-state index in [1.807, 2.05) is 99.6 Å². The second kappa shape index (κ2) is 22.3. The van der Waals surface area contributed by atoms with Crippen LogP contribution in [0.2, 0.25) is 0 Å². The minimum absolute atomic E-state index is 0.00261. The predicted molar refractivity (Wildman–Crippen MR) is 198 cm³/mol. The maximum Gasteiger partial charge on any atom is 0.243 e. The Morgan fingerprint density at radius 2 is 1.22 bits per heavy atom. The average Bonchev–Trinajstić information content (AvgIpc) is 3.03. The van der Waals surface area contributed by atoms with Crippen LogP contribution in [0.1, 0.15) is 100 Å². The van der Waals surface area contributed by atoms with Gasteiger partial charge in [0.2, 0.25) is 29.5 Å². The molecule has 0 aromatic heterocycles. The largest absolute Gasteiger partial charge is 0.394 e. The Morgan fingerprint density at radius 1 is 0.660 bits per heavy atom. The lowest BCUT2D eigenvalue weighted by Crippen LogP contribution is -2.60. The Kier molecular flexibility index (Phi) is 19.9. The normalized spacial score (nSPS) is 15.8. The van der Waals surface area contributed by atoms with Crippen LogP contribution in [-0.2, 0) is 30.4 Å².